The Morgan fingerprint density at radius 1 is 1.13 bits per heavy atom. The first kappa shape index (κ1) is 24.6. The number of carbonyl (C=O) groups is 2. The number of rotatable bonds is 7. The molecular weight excluding hydrogens is 443 g/mol. The molecule has 0 bridgehead atoms. The van der Waals surface area contributed by atoms with E-state index in [1.165, 1.54) is 0 Å². The fraction of sp³-hybridized carbons (Fsp3) is 0.381. The van der Waals surface area contributed by atoms with Gasteiger partial charge in [-0.3, -0.25) is 4.99 Å². The molecule has 1 aliphatic heterocycles. The lowest BCUT2D eigenvalue weighted by Gasteiger charge is -2.31. The van der Waals surface area contributed by atoms with Gasteiger partial charge in [0.15, 0.2) is 5.96 Å². The molecule has 1 aromatic carbocycles. The molecule has 0 saturated heterocycles. The van der Waals surface area contributed by atoms with Gasteiger partial charge < -0.3 is 26.3 Å². The van der Waals surface area contributed by atoms with E-state index in [0.717, 1.165) is 0 Å². The number of dihydropyridines is 1. The lowest BCUT2D eigenvalue weighted by Crippen LogP contribution is -2.33. The highest BCUT2D eigenvalue weighted by molar-refractivity contribution is 6.42. The molecule has 1 heterocycles. The standard InChI is InChI=1S/C21H26Cl2N4O4/c1-10(2)31-20(29)16-12(4)27-11(3)15(19(28)30-9-8-26-21(24)25)17(16)13-6-5-7-14(22)18(13)23/h5-7,10,17,27H,8-9H2,1-4H3,(H4,24,25,26). The van der Waals surface area contributed by atoms with Crippen LogP contribution in [-0.4, -0.2) is 37.2 Å². The topological polar surface area (TPSA) is 129 Å². The highest BCUT2D eigenvalue weighted by Crippen LogP contribution is 2.43. The van der Waals surface area contributed by atoms with Crippen molar-refractivity contribution in [1.82, 2.24) is 5.32 Å². The van der Waals surface area contributed by atoms with Gasteiger partial charge in [0, 0.05) is 11.4 Å². The van der Waals surface area contributed by atoms with Crippen molar-refractivity contribution in [2.75, 3.05) is 13.2 Å². The van der Waals surface area contributed by atoms with Crippen molar-refractivity contribution in [1.29, 1.82) is 0 Å². The molecule has 5 N–H and O–H groups in total. The molecule has 0 fully saturated rings. The summed E-state index contributed by atoms with van der Waals surface area (Å²) >= 11 is 12.7. The first-order valence-electron chi connectivity index (χ1n) is 9.60. The molecule has 1 unspecified atom stereocenters. The molecule has 1 atom stereocenters. The maximum Gasteiger partial charge on any atom is 0.337 e. The number of esters is 2. The van der Waals surface area contributed by atoms with Crippen LogP contribution in [0, 0.1) is 0 Å². The van der Waals surface area contributed by atoms with Gasteiger partial charge in [-0.05, 0) is 39.3 Å². The average Bonchev–Trinajstić information content (AvgIpc) is 2.65. The molecule has 168 valence electrons. The predicted molar refractivity (Wildman–Crippen MR) is 121 cm³/mol. The molecule has 0 aliphatic carbocycles. The largest absolute Gasteiger partial charge is 0.460 e. The Bertz CT molecular complexity index is 966. The smallest absolute Gasteiger partial charge is 0.337 e. The number of benzene rings is 1. The molecule has 31 heavy (non-hydrogen) atoms. The number of nitrogens with one attached hydrogen (secondary N) is 1. The third kappa shape index (κ3) is 5.92. The summed E-state index contributed by atoms with van der Waals surface area (Å²) in [7, 11) is 0. The van der Waals surface area contributed by atoms with Gasteiger partial charge in [-0.1, -0.05) is 35.3 Å². The van der Waals surface area contributed by atoms with E-state index in [-0.39, 0.29) is 41.4 Å². The fourth-order valence-corrected chi connectivity index (χ4v) is 3.67. The Labute approximate surface area is 191 Å². The van der Waals surface area contributed by atoms with E-state index < -0.39 is 17.9 Å². The van der Waals surface area contributed by atoms with Crippen LogP contribution in [0.2, 0.25) is 10.0 Å². The summed E-state index contributed by atoms with van der Waals surface area (Å²) in [5, 5.41) is 3.60. The zero-order valence-corrected chi connectivity index (χ0v) is 19.3. The summed E-state index contributed by atoms with van der Waals surface area (Å²) in [6.45, 7) is 6.99. The summed E-state index contributed by atoms with van der Waals surface area (Å²) in [4.78, 5) is 29.8. The highest BCUT2D eigenvalue weighted by Gasteiger charge is 2.39. The number of hydrogen-bond donors (Lipinski definition) is 3. The number of nitrogens with two attached hydrogens (primary N) is 2. The number of aliphatic imine (C=N–C) groups is 1. The quantitative estimate of drug-likeness (QED) is 0.242. The normalized spacial score (nSPS) is 16.2. The Hall–Kier alpha value is -2.71. The first-order valence-corrected chi connectivity index (χ1v) is 10.4. The fourth-order valence-electron chi connectivity index (χ4n) is 3.26. The van der Waals surface area contributed by atoms with E-state index in [9.17, 15) is 9.59 Å². The van der Waals surface area contributed by atoms with E-state index in [1.54, 1.807) is 45.9 Å². The number of carbonyl (C=O) groups excluding carboxylic acids is 2. The molecule has 10 heteroatoms. The maximum absolute atomic E-state index is 13.0. The van der Waals surface area contributed by atoms with Gasteiger partial charge in [0.2, 0.25) is 0 Å². The summed E-state index contributed by atoms with van der Waals surface area (Å²) in [5.74, 6) is -2.15. The molecular formula is C21H26Cl2N4O4. The second-order valence-electron chi connectivity index (χ2n) is 7.17. The van der Waals surface area contributed by atoms with Crippen LogP contribution in [0.1, 0.15) is 39.2 Å². The minimum atomic E-state index is -0.839. The van der Waals surface area contributed by atoms with Gasteiger partial charge in [0.05, 0.1) is 39.8 Å². The van der Waals surface area contributed by atoms with Gasteiger partial charge in [0.25, 0.3) is 0 Å². The Kier molecular flexibility index (Phi) is 8.36. The molecule has 0 amide bonds. The summed E-state index contributed by atoms with van der Waals surface area (Å²) < 4.78 is 10.8. The van der Waals surface area contributed by atoms with Crippen molar-refractivity contribution in [3.05, 3.63) is 56.3 Å². The van der Waals surface area contributed by atoms with E-state index in [2.05, 4.69) is 10.3 Å². The second kappa shape index (κ2) is 10.5. The van der Waals surface area contributed by atoms with Crippen molar-refractivity contribution in [3.8, 4) is 0 Å². The number of hydrogen-bond acceptors (Lipinski definition) is 6. The number of ether oxygens (including phenoxy) is 2. The van der Waals surface area contributed by atoms with Crippen LogP contribution in [0.5, 0.6) is 0 Å². The number of guanidine groups is 1. The van der Waals surface area contributed by atoms with Crippen molar-refractivity contribution >= 4 is 41.1 Å². The van der Waals surface area contributed by atoms with E-state index in [4.69, 9.17) is 44.1 Å². The molecule has 1 aliphatic rings. The molecule has 1 aromatic rings. The zero-order valence-electron chi connectivity index (χ0n) is 17.8. The molecule has 0 spiro atoms. The highest BCUT2D eigenvalue weighted by atomic mass is 35.5. The van der Waals surface area contributed by atoms with Crippen LogP contribution >= 0.6 is 23.2 Å². The van der Waals surface area contributed by atoms with Gasteiger partial charge in [-0.15, -0.1) is 0 Å². The zero-order chi connectivity index (χ0) is 23.3. The first-order chi connectivity index (χ1) is 14.5. The van der Waals surface area contributed by atoms with Crippen LogP contribution in [0.3, 0.4) is 0 Å². The van der Waals surface area contributed by atoms with Gasteiger partial charge in [0.1, 0.15) is 6.61 Å². The molecule has 0 saturated carbocycles. The molecule has 2 rings (SSSR count). The third-order valence-corrected chi connectivity index (χ3v) is 5.29. The van der Waals surface area contributed by atoms with Crippen molar-refractivity contribution in [2.24, 2.45) is 16.5 Å². The minimum absolute atomic E-state index is 0.0437. The predicted octanol–water partition coefficient (Wildman–Crippen LogP) is 3.00. The van der Waals surface area contributed by atoms with E-state index in [0.29, 0.717) is 22.0 Å². The summed E-state index contributed by atoms with van der Waals surface area (Å²) in [5.41, 5.74) is 12.6. The van der Waals surface area contributed by atoms with E-state index in [1.807, 2.05) is 0 Å². The van der Waals surface area contributed by atoms with E-state index >= 15 is 0 Å². The van der Waals surface area contributed by atoms with Crippen molar-refractivity contribution in [3.63, 3.8) is 0 Å². The number of allylic oxidation sites excluding steroid dienone is 2. The average molecular weight is 469 g/mol. The van der Waals surface area contributed by atoms with Crippen LogP contribution in [0.4, 0.5) is 0 Å². The maximum atomic E-state index is 13.0. The Balaban J connectivity index is 2.54. The van der Waals surface area contributed by atoms with Crippen LogP contribution in [0.25, 0.3) is 0 Å². The third-order valence-electron chi connectivity index (χ3n) is 4.45. The lowest BCUT2D eigenvalue weighted by atomic mass is 9.80. The summed E-state index contributed by atoms with van der Waals surface area (Å²) in [6.07, 6.45) is -0.356. The van der Waals surface area contributed by atoms with Crippen molar-refractivity contribution in [2.45, 2.75) is 39.7 Å². The monoisotopic (exact) mass is 468 g/mol. The lowest BCUT2D eigenvalue weighted by molar-refractivity contribution is -0.143. The SMILES string of the molecule is CC1=C(C(=O)OCCN=C(N)N)C(c2cccc(Cl)c2Cl)C(C(=O)OC(C)C)=C(C)N1. The molecule has 0 radical (unpaired) electrons. The van der Waals surface area contributed by atoms with Crippen LogP contribution in [0.15, 0.2) is 45.7 Å². The molecule has 8 nitrogen and oxygen atoms in total. The van der Waals surface area contributed by atoms with Crippen LogP contribution < -0.4 is 16.8 Å². The minimum Gasteiger partial charge on any atom is -0.460 e. The van der Waals surface area contributed by atoms with Crippen molar-refractivity contribution < 1.29 is 19.1 Å². The van der Waals surface area contributed by atoms with Gasteiger partial charge >= 0.3 is 11.9 Å². The summed E-state index contributed by atoms with van der Waals surface area (Å²) in [6, 6.07) is 5.03. The van der Waals surface area contributed by atoms with Gasteiger partial charge in [-0.25, -0.2) is 9.59 Å². The second-order valence-corrected chi connectivity index (χ2v) is 7.96. The Morgan fingerprint density at radius 2 is 1.74 bits per heavy atom. The van der Waals surface area contributed by atoms with Gasteiger partial charge in [-0.2, -0.15) is 0 Å². The molecule has 0 aromatic heterocycles. The van der Waals surface area contributed by atoms with Crippen LogP contribution in [-0.2, 0) is 19.1 Å². The Morgan fingerprint density at radius 3 is 2.32 bits per heavy atom. The number of nitrogens with zero attached hydrogens (tertiary/aromatic N) is 1. The number of halogens is 2.